The summed E-state index contributed by atoms with van der Waals surface area (Å²) < 4.78 is 0. The molecule has 7 nitrogen and oxygen atoms in total. The largest absolute Gasteiger partial charge is 0.346 e. The molecule has 1 saturated carbocycles. The molecule has 0 bridgehead atoms. The average molecular weight is 417 g/mol. The molecule has 27 heavy (non-hydrogen) atoms. The smallest absolute Gasteiger partial charge is 0.255 e. The zero-order chi connectivity index (χ0) is 19.1. The minimum absolute atomic E-state index is 0. The molecular formula is C18H26Cl2N4O3. The van der Waals surface area contributed by atoms with Crippen molar-refractivity contribution < 1.29 is 14.4 Å². The minimum atomic E-state index is -0.412. The highest BCUT2D eigenvalue weighted by atomic mass is 35.5. The summed E-state index contributed by atoms with van der Waals surface area (Å²) in [5.41, 5.74) is 6.03. The van der Waals surface area contributed by atoms with Gasteiger partial charge in [-0.1, -0.05) is 30.9 Å². The van der Waals surface area contributed by atoms with Gasteiger partial charge in [0, 0.05) is 18.8 Å². The normalized spacial score (nSPS) is 14.0. The van der Waals surface area contributed by atoms with Crippen LogP contribution in [0.1, 0.15) is 42.5 Å². The minimum Gasteiger partial charge on any atom is -0.346 e. The second-order valence-electron chi connectivity index (χ2n) is 6.43. The van der Waals surface area contributed by atoms with Gasteiger partial charge in [0.15, 0.2) is 0 Å². The van der Waals surface area contributed by atoms with Gasteiger partial charge in [0.05, 0.1) is 23.7 Å². The van der Waals surface area contributed by atoms with Crippen LogP contribution in [0.5, 0.6) is 0 Å². The molecule has 3 amide bonds. The summed E-state index contributed by atoms with van der Waals surface area (Å²) >= 11 is 6.26. The monoisotopic (exact) mass is 416 g/mol. The molecule has 1 aromatic carbocycles. The molecule has 0 heterocycles. The van der Waals surface area contributed by atoms with Gasteiger partial charge < -0.3 is 21.3 Å². The van der Waals surface area contributed by atoms with Crippen LogP contribution >= 0.6 is 24.0 Å². The summed E-state index contributed by atoms with van der Waals surface area (Å²) in [5, 5.41) is 5.27. The molecule has 1 aliphatic rings. The molecule has 4 N–H and O–H groups in total. The Morgan fingerprint density at radius 1 is 1.19 bits per heavy atom. The van der Waals surface area contributed by atoms with Crippen LogP contribution < -0.4 is 16.4 Å². The molecule has 0 atom stereocenters. The first-order valence-corrected chi connectivity index (χ1v) is 9.13. The number of hydrogen-bond donors (Lipinski definition) is 3. The fraction of sp³-hybridized carbons (Fsp3) is 0.500. The summed E-state index contributed by atoms with van der Waals surface area (Å²) in [5.74, 6) is -0.930. The van der Waals surface area contributed by atoms with Gasteiger partial charge in [-0.25, -0.2) is 0 Å². The molecule has 9 heteroatoms. The number of carbonyl (C=O) groups excluding carboxylic acids is 3. The number of carbonyl (C=O) groups is 3. The Kier molecular flexibility index (Phi) is 9.55. The van der Waals surface area contributed by atoms with Crippen molar-refractivity contribution in [2.45, 2.75) is 38.1 Å². The maximum absolute atomic E-state index is 12.7. The van der Waals surface area contributed by atoms with Crippen molar-refractivity contribution in [2.75, 3.05) is 25.5 Å². The summed E-state index contributed by atoms with van der Waals surface area (Å²) in [6, 6.07) is 5.01. The molecule has 0 radical (unpaired) electrons. The SMILES string of the molecule is CN(C(=O)c1ccc(NC(=O)CNC(=O)CN)cc1Cl)C1CCCCC1.Cl. The fourth-order valence-electron chi connectivity index (χ4n) is 3.05. The van der Waals surface area contributed by atoms with Gasteiger partial charge in [0.1, 0.15) is 0 Å². The third kappa shape index (κ3) is 6.68. The lowest BCUT2D eigenvalue weighted by Gasteiger charge is -2.31. The highest BCUT2D eigenvalue weighted by Crippen LogP contribution is 2.26. The van der Waals surface area contributed by atoms with E-state index in [0.717, 1.165) is 25.7 Å². The second-order valence-corrected chi connectivity index (χ2v) is 6.84. The van der Waals surface area contributed by atoms with E-state index in [0.29, 0.717) is 11.3 Å². The lowest BCUT2D eigenvalue weighted by atomic mass is 9.94. The molecule has 0 aliphatic heterocycles. The van der Waals surface area contributed by atoms with Gasteiger partial charge in [-0.15, -0.1) is 12.4 Å². The first-order chi connectivity index (χ1) is 12.4. The van der Waals surface area contributed by atoms with E-state index in [1.54, 1.807) is 17.0 Å². The Morgan fingerprint density at radius 3 is 2.44 bits per heavy atom. The summed E-state index contributed by atoms with van der Waals surface area (Å²) in [7, 11) is 1.81. The quantitative estimate of drug-likeness (QED) is 0.660. The molecule has 1 aromatic rings. The van der Waals surface area contributed by atoms with Crippen LogP contribution in [-0.2, 0) is 9.59 Å². The third-order valence-corrected chi connectivity index (χ3v) is 4.87. The molecular weight excluding hydrogens is 391 g/mol. The third-order valence-electron chi connectivity index (χ3n) is 4.56. The van der Waals surface area contributed by atoms with Crippen molar-refractivity contribution in [2.24, 2.45) is 5.73 Å². The topological polar surface area (TPSA) is 105 Å². The van der Waals surface area contributed by atoms with E-state index in [1.807, 2.05) is 7.05 Å². The van der Waals surface area contributed by atoms with Crippen LogP contribution in [0.3, 0.4) is 0 Å². The first-order valence-electron chi connectivity index (χ1n) is 8.75. The molecule has 150 valence electrons. The van der Waals surface area contributed by atoms with Crippen molar-refractivity contribution in [3.05, 3.63) is 28.8 Å². The summed E-state index contributed by atoms with van der Waals surface area (Å²) in [6.07, 6.45) is 5.54. The van der Waals surface area contributed by atoms with Crippen LogP contribution in [0.15, 0.2) is 18.2 Å². The van der Waals surface area contributed by atoms with Gasteiger partial charge >= 0.3 is 0 Å². The standard InChI is InChI=1S/C18H25ClN4O3.ClH/c1-23(13-5-3-2-4-6-13)18(26)14-8-7-12(9-15(14)19)22-17(25)11-21-16(24)10-20;/h7-9,13H,2-6,10-11,20H2,1H3,(H,21,24)(H,22,25);1H. The Labute approximate surface area is 170 Å². The van der Waals surface area contributed by atoms with E-state index in [-0.39, 0.29) is 42.5 Å². The van der Waals surface area contributed by atoms with Crippen molar-refractivity contribution in [1.82, 2.24) is 10.2 Å². The van der Waals surface area contributed by atoms with Crippen LogP contribution in [0, 0.1) is 0 Å². The van der Waals surface area contributed by atoms with Crippen molar-refractivity contribution in [3.63, 3.8) is 0 Å². The van der Waals surface area contributed by atoms with Gasteiger partial charge in [-0.05, 0) is 31.0 Å². The van der Waals surface area contributed by atoms with Gasteiger partial charge in [0.2, 0.25) is 11.8 Å². The molecule has 2 rings (SSSR count). The average Bonchev–Trinajstić information content (AvgIpc) is 2.65. The van der Waals surface area contributed by atoms with Crippen LogP contribution in [0.2, 0.25) is 5.02 Å². The zero-order valence-electron chi connectivity index (χ0n) is 15.3. The lowest BCUT2D eigenvalue weighted by Crippen LogP contribution is -2.38. The molecule has 0 spiro atoms. The Balaban J connectivity index is 0.00000364. The van der Waals surface area contributed by atoms with Crippen LogP contribution in [0.4, 0.5) is 5.69 Å². The van der Waals surface area contributed by atoms with E-state index >= 15 is 0 Å². The van der Waals surface area contributed by atoms with Gasteiger partial charge in [-0.2, -0.15) is 0 Å². The lowest BCUT2D eigenvalue weighted by molar-refractivity contribution is -0.123. The van der Waals surface area contributed by atoms with E-state index in [1.165, 1.54) is 12.5 Å². The second kappa shape index (κ2) is 11.1. The first kappa shape index (κ1) is 23.2. The van der Waals surface area contributed by atoms with E-state index in [9.17, 15) is 14.4 Å². The van der Waals surface area contributed by atoms with Gasteiger partial charge in [-0.3, -0.25) is 14.4 Å². The number of nitrogens with two attached hydrogens (primary N) is 1. The Morgan fingerprint density at radius 2 is 1.85 bits per heavy atom. The number of anilines is 1. The maximum Gasteiger partial charge on any atom is 0.255 e. The predicted octanol–water partition coefficient (Wildman–Crippen LogP) is 2.18. The highest BCUT2D eigenvalue weighted by Gasteiger charge is 2.24. The number of amides is 3. The molecule has 1 fully saturated rings. The van der Waals surface area contributed by atoms with Crippen molar-refractivity contribution >= 4 is 47.4 Å². The van der Waals surface area contributed by atoms with E-state index in [4.69, 9.17) is 17.3 Å². The molecule has 0 unspecified atom stereocenters. The van der Waals surface area contributed by atoms with Crippen LogP contribution in [-0.4, -0.2) is 48.8 Å². The van der Waals surface area contributed by atoms with Gasteiger partial charge in [0.25, 0.3) is 5.91 Å². The predicted molar refractivity (Wildman–Crippen MR) is 108 cm³/mol. The highest BCUT2D eigenvalue weighted by molar-refractivity contribution is 6.34. The fourth-order valence-corrected chi connectivity index (χ4v) is 3.31. The van der Waals surface area contributed by atoms with Crippen molar-refractivity contribution in [3.8, 4) is 0 Å². The summed E-state index contributed by atoms with van der Waals surface area (Å²) in [4.78, 5) is 37.3. The molecule has 1 aliphatic carbocycles. The zero-order valence-corrected chi connectivity index (χ0v) is 16.9. The number of hydrogen-bond acceptors (Lipinski definition) is 4. The molecule has 0 saturated heterocycles. The molecule has 0 aromatic heterocycles. The van der Waals surface area contributed by atoms with Crippen LogP contribution in [0.25, 0.3) is 0 Å². The van der Waals surface area contributed by atoms with E-state index in [2.05, 4.69) is 10.6 Å². The van der Waals surface area contributed by atoms with Crippen molar-refractivity contribution in [1.29, 1.82) is 0 Å². The Hall–Kier alpha value is -1.83. The summed E-state index contributed by atoms with van der Waals surface area (Å²) in [6.45, 7) is -0.358. The number of halogens is 2. The number of benzene rings is 1. The van der Waals surface area contributed by atoms with E-state index < -0.39 is 11.8 Å². The number of nitrogens with one attached hydrogen (secondary N) is 2. The number of rotatable bonds is 6. The Bertz CT molecular complexity index is 679. The number of nitrogens with zero attached hydrogens (tertiary/aromatic N) is 1. The maximum atomic E-state index is 12.7.